The SMILES string of the molecule is CSc1ncccc1C(=O)N1CCOC[C@](O)(CN2CCCC2)C1. The van der Waals surface area contributed by atoms with Crippen LogP contribution < -0.4 is 0 Å². The van der Waals surface area contributed by atoms with Crippen LogP contribution in [-0.4, -0.2) is 83.6 Å². The number of hydrogen-bond acceptors (Lipinski definition) is 6. The molecule has 1 N–H and O–H groups in total. The Morgan fingerprint density at radius 2 is 2.21 bits per heavy atom. The first-order valence-corrected chi connectivity index (χ1v) is 9.64. The molecular formula is C17H25N3O3S. The molecule has 1 atom stereocenters. The van der Waals surface area contributed by atoms with Crippen molar-refractivity contribution >= 4 is 17.7 Å². The lowest BCUT2D eigenvalue weighted by atomic mass is 10.0. The van der Waals surface area contributed by atoms with E-state index < -0.39 is 5.60 Å². The highest BCUT2D eigenvalue weighted by atomic mass is 32.2. The van der Waals surface area contributed by atoms with Crippen LogP contribution in [0.2, 0.25) is 0 Å². The summed E-state index contributed by atoms with van der Waals surface area (Å²) in [6.45, 7) is 4.08. The molecule has 3 rings (SSSR count). The van der Waals surface area contributed by atoms with Gasteiger partial charge in [-0.15, -0.1) is 11.8 Å². The Balaban J connectivity index is 1.75. The van der Waals surface area contributed by atoms with Gasteiger partial charge >= 0.3 is 0 Å². The summed E-state index contributed by atoms with van der Waals surface area (Å²) in [5, 5.41) is 11.7. The first-order valence-electron chi connectivity index (χ1n) is 8.42. The third-order valence-electron chi connectivity index (χ3n) is 4.56. The summed E-state index contributed by atoms with van der Waals surface area (Å²) in [7, 11) is 0. The van der Waals surface area contributed by atoms with E-state index >= 15 is 0 Å². The van der Waals surface area contributed by atoms with Crippen molar-refractivity contribution in [2.75, 3.05) is 52.2 Å². The van der Waals surface area contributed by atoms with Gasteiger partial charge in [-0.25, -0.2) is 4.98 Å². The molecule has 0 saturated carbocycles. The van der Waals surface area contributed by atoms with E-state index in [-0.39, 0.29) is 12.5 Å². The number of likely N-dealkylation sites (tertiary alicyclic amines) is 1. The molecular weight excluding hydrogens is 326 g/mol. The van der Waals surface area contributed by atoms with Crippen molar-refractivity contribution in [3.05, 3.63) is 23.9 Å². The number of hydrogen-bond donors (Lipinski definition) is 1. The first-order chi connectivity index (χ1) is 11.6. The molecule has 2 aliphatic heterocycles. The molecule has 1 aromatic heterocycles. The molecule has 132 valence electrons. The maximum atomic E-state index is 12.9. The quantitative estimate of drug-likeness (QED) is 0.820. The van der Waals surface area contributed by atoms with Crippen molar-refractivity contribution in [2.45, 2.75) is 23.5 Å². The zero-order valence-corrected chi connectivity index (χ0v) is 14.9. The van der Waals surface area contributed by atoms with Gasteiger partial charge in [0.2, 0.25) is 0 Å². The summed E-state index contributed by atoms with van der Waals surface area (Å²) >= 11 is 1.46. The summed E-state index contributed by atoms with van der Waals surface area (Å²) in [5.41, 5.74) is -0.423. The fourth-order valence-electron chi connectivity index (χ4n) is 3.43. The Morgan fingerprint density at radius 1 is 1.42 bits per heavy atom. The number of rotatable bonds is 4. The third kappa shape index (κ3) is 4.08. The van der Waals surface area contributed by atoms with E-state index in [0.717, 1.165) is 18.1 Å². The van der Waals surface area contributed by atoms with Gasteiger partial charge < -0.3 is 19.6 Å². The molecule has 0 bridgehead atoms. The summed E-state index contributed by atoms with van der Waals surface area (Å²) in [6.07, 6.45) is 5.95. The molecule has 24 heavy (non-hydrogen) atoms. The van der Waals surface area contributed by atoms with Gasteiger partial charge in [0.15, 0.2) is 0 Å². The Morgan fingerprint density at radius 3 is 2.96 bits per heavy atom. The van der Waals surface area contributed by atoms with Gasteiger partial charge in [0, 0.05) is 19.3 Å². The standard InChI is InChI=1S/C17H25N3O3S/c1-24-15-14(5-4-6-18-15)16(21)20-9-10-23-13-17(22,12-20)11-19-7-2-3-8-19/h4-6,22H,2-3,7-13H2,1H3/t17-/m0/s1. The zero-order chi connectivity index (χ0) is 17.0. The van der Waals surface area contributed by atoms with E-state index in [2.05, 4.69) is 9.88 Å². The lowest BCUT2D eigenvalue weighted by molar-refractivity contribution is -0.0524. The molecule has 7 heteroatoms. The molecule has 1 amide bonds. The van der Waals surface area contributed by atoms with Crippen molar-refractivity contribution in [3.8, 4) is 0 Å². The van der Waals surface area contributed by atoms with E-state index in [4.69, 9.17) is 4.74 Å². The number of amides is 1. The lowest BCUT2D eigenvalue weighted by Crippen LogP contribution is -2.53. The van der Waals surface area contributed by atoms with Crippen molar-refractivity contribution < 1.29 is 14.6 Å². The van der Waals surface area contributed by atoms with E-state index in [1.807, 2.05) is 6.26 Å². The highest BCUT2D eigenvalue weighted by molar-refractivity contribution is 7.98. The maximum Gasteiger partial charge on any atom is 0.256 e. The molecule has 2 saturated heterocycles. The third-order valence-corrected chi connectivity index (χ3v) is 5.27. The topological polar surface area (TPSA) is 65.9 Å². The Labute approximate surface area is 147 Å². The zero-order valence-electron chi connectivity index (χ0n) is 14.1. The second kappa shape index (κ2) is 7.82. The molecule has 0 spiro atoms. The van der Waals surface area contributed by atoms with Crippen molar-refractivity contribution in [3.63, 3.8) is 0 Å². The van der Waals surface area contributed by atoms with E-state index in [1.165, 1.54) is 24.6 Å². The minimum atomic E-state index is -1.02. The Kier molecular flexibility index (Phi) is 5.76. The highest BCUT2D eigenvalue weighted by Gasteiger charge is 2.37. The summed E-state index contributed by atoms with van der Waals surface area (Å²) in [5.74, 6) is -0.0854. The number of nitrogens with zero attached hydrogens (tertiary/aromatic N) is 3. The van der Waals surface area contributed by atoms with Crippen LogP contribution in [-0.2, 0) is 4.74 Å². The molecule has 0 aromatic carbocycles. The number of aromatic nitrogens is 1. The summed E-state index contributed by atoms with van der Waals surface area (Å²) in [6, 6.07) is 3.57. The average molecular weight is 351 g/mol. The molecule has 3 heterocycles. The number of β-amino-alcohol motifs (C(OH)–C–C–N with tert-alkyl or cyclic N) is 1. The van der Waals surface area contributed by atoms with Crippen LogP contribution in [0.15, 0.2) is 23.4 Å². The van der Waals surface area contributed by atoms with Crippen molar-refractivity contribution in [2.24, 2.45) is 0 Å². The van der Waals surface area contributed by atoms with Crippen LogP contribution in [0.3, 0.4) is 0 Å². The van der Waals surface area contributed by atoms with Gasteiger partial charge in [0.1, 0.15) is 10.6 Å². The second-order valence-electron chi connectivity index (χ2n) is 6.55. The predicted octanol–water partition coefficient (Wildman–Crippen LogP) is 1.10. The average Bonchev–Trinajstić information content (AvgIpc) is 3.01. The fraction of sp³-hybridized carbons (Fsp3) is 0.647. The predicted molar refractivity (Wildman–Crippen MR) is 93.4 cm³/mol. The van der Waals surface area contributed by atoms with E-state index in [9.17, 15) is 9.90 Å². The van der Waals surface area contributed by atoms with Gasteiger partial charge in [-0.1, -0.05) is 0 Å². The molecule has 2 fully saturated rings. The van der Waals surface area contributed by atoms with Gasteiger partial charge in [0.25, 0.3) is 5.91 Å². The Bertz CT molecular complexity index is 580. The minimum absolute atomic E-state index is 0.0854. The van der Waals surface area contributed by atoms with Crippen molar-refractivity contribution in [1.82, 2.24) is 14.8 Å². The van der Waals surface area contributed by atoms with Crippen LogP contribution in [0.4, 0.5) is 0 Å². The van der Waals surface area contributed by atoms with Gasteiger partial charge in [-0.05, 0) is 44.3 Å². The molecule has 2 aliphatic rings. The molecule has 1 aromatic rings. The van der Waals surface area contributed by atoms with E-state index in [0.29, 0.717) is 31.8 Å². The van der Waals surface area contributed by atoms with Gasteiger partial charge in [0.05, 0.1) is 25.3 Å². The number of ether oxygens (including phenoxy) is 1. The number of carbonyl (C=O) groups excluding carboxylic acids is 1. The van der Waals surface area contributed by atoms with E-state index in [1.54, 1.807) is 23.2 Å². The molecule has 6 nitrogen and oxygen atoms in total. The largest absolute Gasteiger partial charge is 0.384 e. The van der Waals surface area contributed by atoms with Crippen LogP contribution in [0.25, 0.3) is 0 Å². The molecule has 0 aliphatic carbocycles. The number of carbonyl (C=O) groups is 1. The molecule has 0 unspecified atom stereocenters. The monoisotopic (exact) mass is 351 g/mol. The maximum absolute atomic E-state index is 12.9. The van der Waals surface area contributed by atoms with Gasteiger partial charge in [-0.2, -0.15) is 0 Å². The van der Waals surface area contributed by atoms with Gasteiger partial charge in [-0.3, -0.25) is 4.79 Å². The normalized spacial score (nSPS) is 25.7. The number of aliphatic hydroxyl groups is 1. The number of thioether (sulfide) groups is 1. The minimum Gasteiger partial charge on any atom is -0.384 e. The summed E-state index contributed by atoms with van der Waals surface area (Å²) in [4.78, 5) is 21.2. The Hall–Kier alpha value is -1.15. The van der Waals surface area contributed by atoms with Crippen molar-refractivity contribution in [1.29, 1.82) is 0 Å². The first kappa shape index (κ1) is 17.7. The summed E-state index contributed by atoms with van der Waals surface area (Å²) < 4.78 is 5.60. The van der Waals surface area contributed by atoms with Crippen LogP contribution in [0.5, 0.6) is 0 Å². The lowest BCUT2D eigenvalue weighted by Gasteiger charge is -2.34. The molecule has 0 radical (unpaired) electrons. The number of pyridine rings is 1. The van der Waals surface area contributed by atoms with Crippen LogP contribution in [0.1, 0.15) is 23.2 Å². The second-order valence-corrected chi connectivity index (χ2v) is 7.34. The van der Waals surface area contributed by atoms with Crippen LogP contribution in [0, 0.1) is 0 Å². The fourth-order valence-corrected chi connectivity index (χ4v) is 3.97. The smallest absolute Gasteiger partial charge is 0.256 e. The van der Waals surface area contributed by atoms with Crippen LogP contribution >= 0.6 is 11.8 Å². The highest BCUT2D eigenvalue weighted by Crippen LogP contribution is 2.22.